The van der Waals surface area contributed by atoms with Gasteiger partial charge in [-0.3, -0.25) is 9.78 Å². The Morgan fingerprint density at radius 3 is 3.14 bits per heavy atom. The molecule has 0 spiro atoms. The number of aldehydes is 1. The summed E-state index contributed by atoms with van der Waals surface area (Å²) < 4.78 is 0. The standard InChI is InChI=1S/C11H14N2O/c1-12-6-3-2-4-11-8-10(9-14)5-7-13-11/h2,4-5,7-9,12H,3,6H2,1H3. The van der Waals surface area contributed by atoms with Crippen molar-refractivity contribution < 1.29 is 4.79 Å². The quantitative estimate of drug-likeness (QED) is 0.565. The molecule has 0 bridgehead atoms. The van der Waals surface area contributed by atoms with Crippen LogP contribution >= 0.6 is 0 Å². The fourth-order valence-electron chi connectivity index (χ4n) is 1.06. The monoisotopic (exact) mass is 190 g/mol. The van der Waals surface area contributed by atoms with Gasteiger partial charge in [0, 0.05) is 11.8 Å². The van der Waals surface area contributed by atoms with Crippen LogP contribution in [0.15, 0.2) is 24.4 Å². The van der Waals surface area contributed by atoms with E-state index in [-0.39, 0.29) is 0 Å². The molecule has 0 aliphatic rings. The smallest absolute Gasteiger partial charge is 0.150 e. The molecule has 1 heterocycles. The summed E-state index contributed by atoms with van der Waals surface area (Å²) in [6.45, 7) is 0.948. The molecule has 0 amide bonds. The zero-order chi connectivity index (χ0) is 10.2. The molecule has 0 aliphatic carbocycles. The molecule has 1 rings (SSSR count). The number of pyridine rings is 1. The van der Waals surface area contributed by atoms with E-state index in [1.165, 1.54) is 0 Å². The number of rotatable bonds is 5. The minimum atomic E-state index is 0.660. The average Bonchev–Trinajstić information content (AvgIpc) is 2.25. The molecule has 1 aromatic rings. The van der Waals surface area contributed by atoms with E-state index in [2.05, 4.69) is 10.3 Å². The van der Waals surface area contributed by atoms with Crippen molar-refractivity contribution in [3.05, 3.63) is 35.7 Å². The number of carbonyl (C=O) groups is 1. The Hall–Kier alpha value is -1.48. The largest absolute Gasteiger partial charge is 0.319 e. The second-order valence-electron chi connectivity index (χ2n) is 2.93. The maximum absolute atomic E-state index is 10.5. The van der Waals surface area contributed by atoms with Crippen molar-refractivity contribution in [2.45, 2.75) is 6.42 Å². The van der Waals surface area contributed by atoms with Crippen LogP contribution in [0, 0.1) is 0 Å². The minimum Gasteiger partial charge on any atom is -0.319 e. The lowest BCUT2D eigenvalue weighted by molar-refractivity contribution is 0.112. The third kappa shape index (κ3) is 3.49. The lowest BCUT2D eigenvalue weighted by Gasteiger charge is -1.94. The van der Waals surface area contributed by atoms with E-state index in [0.717, 1.165) is 24.9 Å². The molecule has 0 radical (unpaired) electrons. The molecule has 0 saturated carbocycles. The van der Waals surface area contributed by atoms with Crippen LogP contribution in [-0.2, 0) is 0 Å². The molecule has 0 aliphatic heterocycles. The predicted molar refractivity (Wildman–Crippen MR) is 57.2 cm³/mol. The molecule has 0 aromatic carbocycles. The highest BCUT2D eigenvalue weighted by atomic mass is 16.1. The molecule has 3 nitrogen and oxygen atoms in total. The van der Waals surface area contributed by atoms with Crippen LogP contribution in [0.4, 0.5) is 0 Å². The van der Waals surface area contributed by atoms with Crippen LogP contribution in [0.5, 0.6) is 0 Å². The van der Waals surface area contributed by atoms with E-state index >= 15 is 0 Å². The highest BCUT2D eigenvalue weighted by molar-refractivity contribution is 5.75. The van der Waals surface area contributed by atoms with Crippen molar-refractivity contribution in [3.63, 3.8) is 0 Å². The van der Waals surface area contributed by atoms with Crippen molar-refractivity contribution in [2.75, 3.05) is 13.6 Å². The van der Waals surface area contributed by atoms with Crippen LogP contribution in [0.3, 0.4) is 0 Å². The molecular formula is C11H14N2O. The van der Waals surface area contributed by atoms with Crippen LogP contribution in [0.25, 0.3) is 6.08 Å². The summed E-state index contributed by atoms with van der Waals surface area (Å²) in [5.74, 6) is 0. The Labute approximate surface area is 83.9 Å². The summed E-state index contributed by atoms with van der Waals surface area (Å²) in [7, 11) is 1.92. The highest BCUT2D eigenvalue weighted by Gasteiger charge is 1.91. The molecular weight excluding hydrogens is 176 g/mol. The maximum Gasteiger partial charge on any atom is 0.150 e. The third-order valence-electron chi connectivity index (χ3n) is 1.79. The van der Waals surface area contributed by atoms with E-state index < -0.39 is 0 Å². The first-order valence-electron chi connectivity index (χ1n) is 4.59. The van der Waals surface area contributed by atoms with Gasteiger partial charge in [-0.1, -0.05) is 6.08 Å². The van der Waals surface area contributed by atoms with Crippen LogP contribution in [-0.4, -0.2) is 24.9 Å². The molecule has 14 heavy (non-hydrogen) atoms. The van der Waals surface area contributed by atoms with Crippen molar-refractivity contribution in [2.24, 2.45) is 0 Å². The van der Waals surface area contributed by atoms with E-state index in [1.807, 2.05) is 19.2 Å². The molecule has 1 aromatic heterocycles. The average molecular weight is 190 g/mol. The summed E-state index contributed by atoms with van der Waals surface area (Å²) in [4.78, 5) is 14.6. The van der Waals surface area contributed by atoms with Gasteiger partial charge in [0.2, 0.25) is 0 Å². The topological polar surface area (TPSA) is 42.0 Å². The summed E-state index contributed by atoms with van der Waals surface area (Å²) in [6.07, 6.45) is 7.38. The highest BCUT2D eigenvalue weighted by Crippen LogP contribution is 2.01. The van der Waals surface area contributed by atoms with Crippen molar-refractivity contribution in [1.29, 1.82) is 0 Å². The fraction of sp³-hybridized carbons (Fsp3) is 0.273. The van der Waals surface area contributed by atoms with Gasteiger partial charge in [-0.15, -0.1) is 0 Å². The lowest BCUT2D eigenvalue weighted by Crippen LogP contribution is -2.05. The summed E-state index contributed by atoms with van der Waals surface area (Å²) in [5, 5.41) is 3.05. The van der Waals surface area contributed by atoms with Crippen LogP contribution in [0.1, 0.15) is 22.5 Å². The Morgan fingerprint density at radius 2 is 2.43 bits per heavy atom. The number of aromatic nitrogens is 1. The molecule has 74 valence electrons. The summed E-state index contributed by atoms with van der Waals surface area (Å²) >= 11 is 0. The molecule has 0 saturated heterocycles. The zero-order valence-corrected chi connectivity index (χ0v) is 8.23. The first-order chi connectivity index (χ1) is 6.86. The molecule has 0 fully saturated rings. The van der Waals surface area contributed by atoms with E-state index in [1.54, 1.807) is 18.3 Å². The van der Waals surface area contributed by atoms with Gasteiger partial charge in [0.05, 0.1) is 5.69 Å². The Balaban J connectivity index is 2.57. The minimum absolute atomic E-state index is 0.660. The van der Waals surface area contributed by atoms with Crippen molar-refractivity contribution in [3.8, 4) is 0 Å². The molecule has 3 heteroatoms. The van der Waals surface area contributed by atoms with Crippen LogP contribution in [0.2, 0.25) is 0 Å². The normalized spacial score (nSPS) is 10.6. The SMILES string of the molecule is CNCCC=Cc1cc(C=O)ccn1. The van der Waals surface area contributed by atoms with Gasteiger partial charge < -0.3 is 5.32 Å². The van der Waals surface area contributed by atoms with Gasteiger partial charge in [-0.25, -0.2) is 0 Å². The number of hydrogen-bond donors (Lipinski definition) is 1. The number of carbonyl (C=O) groups excluding carboxylic acids is 1. The van der Waals surface area contributed by atoms with Crippen LogP contribution < -0.4 is 5.32 Å². The Bertz CT molecular complexity index is 321. The van der Waals surface area contributed by atoms with Gasteiger partial charge in [-0.2, -0.15) is 0 Å². The van der Waals surface area contributed by atoms with Gasteiger partial charge in [0.25, 0.3) is 0 Å². The molecule has 0 unspecified atom stereocenters. The zero-order valence-electron chi connectivity index (χ0n) is 8.23. The Kier molecular flexibility index (Phi) is 4.58. The van der Waals surface area contributed by atoms with Gasteiger partial charge >= 0.3 is 0 Å². The Morgan fingerprint density at radius 1 is 1.57 bits per heavy atom. The molecule has 0 atom stereocenters. The summed E-state index contributed by atoms with van der Waals surface area (Å²) in [5.41, 5.74) is 1.49. The molecule has 1 N–H and O–H groups in total. The third-order valence-corrected chi connectivity index (χ3v) is 1.79. The van der Waals surface area contributed by atoms with E-state index in [0.29, 0.717) is 5.56 Å². The lowest BCUT2D eigenvalue weighted by atomic mass is 10.2. The van der Waals surface area contributed by atoms with Crippen molar-refractivity contribution >= 4 is 12.4 Å². The van der Waals surface area contributed by atoms with Gasteiger partial charge in [0.15, 0.2) is 0 Å². The predicted octanol–water partition coefficient (Wildman–Crippen LogP) is 1.52. The van der Waals surface area contributed by atoms with E-state index in [9.17, 15) is 4.79 Å². The maximum atomic E-state index is 10.5. The number of nitrogens with one attached hydrogen (secondary N) is 1. The van der Waals surface area contributed by atoms with Gasteiger partial charge in [0.1, 0.15) is 6.29 Å². The van der Waals surface area contributed by atoms with Gasteiger partial charge in [-0.05, 0) is 38.2 Å². The van der Waals surface area contributed by atoms with E-state index in [4.69, 9.17) is 0 Å². The van der Waals surface area contributed by atoms with Crippen molar-refractivity contribution in [1.82, 2.24) is 10.3 Å². The second kappa shape index (κ2) is 6.05. The first-order valence-corrected chi connectivity index (χ1v) is 4.59. The second-order valence-corrected chi connectivity index (χ2v) is 2.93. The summed E-state index contributed by atoms with van der Waals surface area (Å²) in [6, 6.07) is 3.46. The first kappa shape index (κ1) is 10.6. The number of hydrogen-bond acceptors (Lipinski definition) is 3. The fourth-order valence-corrected chi connectivity index (χ4v) is 1.06. The number of nitrogens with zero attached hydrogens (tertiary/aromatic N) is 1.